The van der Waals surface area contributed by atoms with Gasteiger partial charge in [-0.3, -0.25) is 14.5 Å². The zero-order valence-electron chi connectivity index (χ0n) is 18.0. The summed E-state index contributed by atoms with van der Waals surface area (Å²) < 4.78 is 5.16. The lowest BCUT2D eigenvalue weighted by Gasteiger charge is -2.30. The second-order valence-electron chi connectivity index (χ2n) is 7.95. The van der Waals surface area contributed by atoms with Crippen LogP contribution in [0.15, 0.2) is 54.6 Å². The van der Waals surface area contributed by atoms with Crippen molar-refractivity contribution in [3.8, 4) is 5.75 Å². The number of anilines is 1. The molecule has 1 aliphatic rings. The van der Waals surface area contributed by atoms with Gasteiger partial charge >= 0.3 is 0 Å². The zero-order valence-corrected chi connectivity index (χ0v) is 18.0. The molecule has 0 aromatic heterocycles. The summed E-state index contributed by atoms with van der Waals surface area (Å²) >= 11 is 0. The number of carbonyl (C=O) groups is 2. The number of nitrogens with one attached hydrogen (secondary N) is 1. The summed E-state index contributed by atoms with van der Waals surface area (Å²) in [6.07, 6.45) is 1.67. The Kier molecular flexibility index (Phi) is 7.46. The minimum absolute atomic E-state index is 0.0537. The molecule has 6 heteroatoms. The monoisotopic (exact) mass is 409 g/mol. The molecule has 3 rings (SSSR count). The maximum Gasteiger partial charge on any atom is 0.241 e. The molecular formula is C24H31N3O3. The third kappa shape index (κ3) is 5.60. The van der Waals surface area contributed by atoms with Crippen molar-refractivity contribution in [2.75, 3.05) is 25.5 Å². The highest BCUT2D eigenvalue weighted by molar-refractivity contribution is 5.95. The highest BCUT2D eigenvalue weighted by Crippen LogP contribution is 2.21. The minimum atomic E-state index is -0.290. The average Bonchev–Trinajstić information content (AvgIpc) is 3.21. The number of likely N-dealkylation sites (tertiary alicyclic amines) is 1. The van der Waals surface area contributed by atoms with Gasteiger partial charge in [-0.05, 0) is 63.1 Å². The Morgan fingerprint density at radius 3 is 2.47 bits per heavy atom. The van der Waals surface area contributed by atoms with Crippen LogP contribution in [0.25, 0.3) is 0 Å². The number of hydrogen-bond acceptors (Lipinski definition) is 4. The largest absolute Gasteiger partial charge is 0.497 e. The molecule has 1 heterocycles. The molecule has 1 atom stereocenters. The van der Waals surface area contributed by atoms with Crippen molar-refractivity contribution in [2.24, 2.45) is 0 Å². The Balaban J connectivity index is 1.62. The van der Waals surface area contributed by atoms with Crippen molar-refractivity contribution in [3.63, 3.8) is 0 Å². The van der Waals surface area contributed by atoms with Gasteiger partial charge in [0.15, 0.2) is 0 Å². The molecule has 0 spiro atoms. The summed E-state index contributed by atoms with van der Waals surface area (Å²) in [5.74, 6) is 0.732. The number of ether oxygens (including phenoxy) is 1. The Labute approximate surface area is 178 Å². The van der Waals surface area contributed by atoms with Crippen molar-refractivity contribution in [1.82, 2.24) is 9.80 Å². The zero-order chi connectivity index (χ0) is 21.5. The van der Waals surface area contributed by atoms with E-state index in [0.29, 0.717) is 6.54 Å². The van der Waals surface area contributed by atoms with Gasteiger partial charge in [0, 0.05) is 18.3 Å². The number of methoxy groups -OCH3 is 1. The van der Waals surface area contributed by atoms with Crippen molar-refractivity contribution in [1.29, 1.82) is 0 Å². The first-order chi connectivity index (χ1) is 14.5. The van der Waals surface area contributed by atoms with E-state index >= 15 is 0 Å². The molecule has 0 radical (unpaired) electrons. The fourth-order valence-corrected chi connectivity index (χ4v) is 3.82. The Morgan fingerprint density at radius 2 is 1.83 bits per heavy atom. The van der Waals surface area contributed by atoms with E-state index in [-0.39, 0.29) is 30.4 Å². The van der Waals surface area contributed by atoms with E-state index in [4.69, 9.17) is 4.74 Å². The van der Waals surface area contributed by atoms with Gasteiger partial charge in [-0.2, -0.15) is 0 Å². The van der Waals surface area contributed by atoms with E-state index in [1.807, 2.05) is 78.2 Å². The van der Waals surface area contributed by atoms with Gasteiger partial charge in [-0.15, -0.1) is 0 Å². The molecule has 1 N–H and O–H groups in total. The molecule has 0 bridgehead atoms. The standard InChI is InChI=1S/C24H31N3O3/c1-18(2)27(16-19-8-5-4-6-9-19)23(28)17-26-15-7-10-22(26)24(29)25-20-11-13-21(30-3)14-12-20/h4-6,8-9,11-14,18,22H,7,10,15-17H2,1-3H3,(H,25,29). The Hall–Kier alpha value is -2.86. The summed E-state index contributed by atoms with van der Waals surface area (Å²) in [5.41, 5.74) is 1.83. The van der Waals surface area contributed by atoms with Crippen molar-refractivity contribution in [2.45, 2.75) is 45.3 Å². The molecule has 1 unspecified atom stereocenters. The van der Waals surface area contributed by atoms with Crippen LogP contribution in [0.5, 0.6) is 5.75 Å². The van der Waals surface area contributed by atoms with Crippen LogP contribution in [0.1, 0.15) is 32.3 Å². The molecule has 2 amide bonds. The Bertz CT molecular complexity index is 837. The van der Waals surface area contributed by atoms with E-state index in [0.717, 1.165) is 36.4 Å². The first kappa shape index (κ1) is 21.8. The Morgan fingerprint density at radius 1 is 1.13 bits per heavy atom. The number of amides is 2. The quantitative estimate of drug-likeness (QED) is 0.725. The molecule has 6 nitrogen and oxygen atoms in total. The molecule has 0 aliphatic carbocycles. The van der Waals surface area contributed by atoms with Gasteiger partial charge < -0.3 is 15.0 Å². The van der Waals surface area contributed by atoms with Crippen LogP contribution >= 0.6 is 0 Å². The maximum absolute atomic E-state index is 13.1. The third-order valence-corrected chi connectivity index (χ3v) is 5.50. The van der Waals surface area contributed by atoms with Gasteiger partial charge in [0.2, 0.25) is 11.8 Å². The van der Waals surface area contributed by atoms with Crippen LogP contribution in [0.4, 0.5) is 5.69 Å². The van der Waals surface area contributed by atoms with Crippen LogP contribution in [-0.2, 0) is 16.1 Å². The summed E-state index contributed by atoms with van der Waals surface area (Å²) in [6.45, 7) is 5.64. The van der Waals surface area contributed by atoms with Crippen LogP contribution in [0.3, 0.4) is 0 Å². The normalized spacial score (nSPS) is 16.5. The lowest BCUT2D eigenvalue weighted by atomic mass is 10.1. The van der Waals surface area contributed by atoms with Crippen molar-refractivity contribution in [3.05, 3.63) is 60.2 Å². The fourth-order valence-electron chi connectivity index (χ4n) is 3.82. The first-order valence-corrected chi connectivity index (χ1v) is 10.5. The summed E-state index contributed by atoms with van der Waals surface area (Å²) in [4.78, 5) is 29.8. The maximum atomic E-state index is 13.1. The van der Waals surface area contributed by atoms with E-state index in [1.165, 1.54) is 0 Å². The molecule has 160 valence electrons. The first-order valence-electron chi connectivity index (χ1n) is 10.5. The van der Waals surface area contributed by atoms with Gasteiger partial charge in [0.1, 0.15) is 5.75 Å². The van der Waals surface area contributed by atoms with Gasteiger partial charge in [0.05, 0.1) is 19.7 Å². The fraction of sp³-hybridized carbons (Fsp3) is 0.417. The molecule has 1 saturated heterocycles. The number of benzene rings is 2. The highest BCUT2D eigenvalue weighted by atomic mass is 16.5. The van der Waals surface area contributed by atoms with Gasteiger partial charge in [0.25, 0.3) is 0 Å². The third-order valence-electron chi connectivity index (χ3n) is 5.50. The number of rotatable bonds is 8. The summed E-state index contributed by atoms with van der Waals surface area (Å²) in [5, 5.41) is 2.97. The van der Waals surface area contributed by atoms with Crippen molar-refractivity contribution >= 4 is 17.5 Å². The van der Waals surface area contributed by atoms with Crippen LogP contribution < -0.4 is 10.1 Å². The molecule has 1 fully saturated rings. The van der Waals surface area contributed by atoms with Crippen LogP contribution in [-0.4, -0.2) is 53.9 Å². The lowest BCUT2D eigenvalue weighted by Crippen LogP contribution is -2.47. The van der Waals surface area contributed by atoms with Crippen LogP contribution in [0.2, 0.25) is 0 Å². The smallest absolute Gasteiger partial charge is 0.241 e. The topological polar surface area (TPSA) is 61.9 Å². The van der Waals surface area contributed by atoms with E-state index in [1.54, 1.807) is 7.11 Å². The lowest BCUT2D eigenvalue weighted by molar-refractivity contribution is -0.135. The van der Waals surface area contributed by atoms with Crippen molar-refractivity contribution < 1.29 is 14.3 Å². The molecule has 30 heavy (non-hydrogen) atoms. The number of hydrogen-bond donors (Lipinski definition) is 1. The summed E-state index contributed by atoms with van der Waals surface area (Å²) in [6, 6.07) is 17.1. The molecular weight excluding hydrogens is 378 g/mol. The van der Waals surface area contributed by atoms with E-state index in [2.05, 4.69) is 5.32 Å². The van der Waals surface area contributed by atoms with Crippen LogP contribution in [0, 0.1) is 0 Å². The number of nitrogens with zero attached hydrogens (tertiary/aromatic N) is 2. The predicted molar refractivity (Wildman–Crippen MR) is 118 cm³/mol. The van der Waals surface area contributed by atoms with E-state index in [9.17, 15) is 9.59 Å². The second kappa shape index (κ2) is 10.3. The molecule has 2 aromatic rings. The molecule has 2 aromatic carbocycles. The molecule has 1 aliphatic heterocycles. The minimum Gasteiger partial charge on any atom is -0.497 e. The van der Waals surface area contributed by atoms with E-state index < -0.39 is 0 Å². The van der Waals surface area contributed by atoms with Gasteiger partial charge in [-0.25, -0.2) is 0 Å². The SMILES string of the molecule is COc1ccc(NC(=O)C2CCCN2CC(=O)N(Cc2ccccc2)C(C)C)cc1. The van der Waals surface area contributed by atoms with Gasteiger partial charge in [-0.1, -0.05) is 30.3 Å². The predicted octanol–water partition coefficient (Wildman–Crippen LogP) is 3.54. The average molecular weight is 410 g/mol. The number of carbonyl (C=O) groups excluding carboxylic acids is 2. The second-order valence-corrected chi connectivity index (χ2v) is 7.95. The summed E-state index contributed by atoms with van der Waals surface area (Å²) in [7, 11) is 1.61. The molecule has 0 saturated carbocycles. The highest BCUT2D eigenvalue weighted by Gasteiger charge is 2.33.